The zero-order chi connectivity index (χ0) is 11.5. The molecule has 16 heavy (non-hydrogen) atoms. The van der Waals surface area contributed by atoms with Crippen LogP contribution in [0.4, 0.5) is 0 Å². The predicted octanol–water partition coefficient (Wildman–Crippen LogP) is 1.43. The Kier molecular flexibility index (Phi) is 3.31. The molecule has 1 aliphatic rings. The van der Waals surface area contributed by atoms with Crippen LogP contribution in [0.2, 0.25) is 0 Å². The van der Waals surface area contributed by atoms with Gasteiger partial charge in [0.05, 0.1) is 19.8 Å². The highest BCUT2D eigenvalue weighted by Crippen LogP contribution is 2.25. The fraction of sp³-hybridized carbons (Fsp3) is 0.500. The number of aliphatic hydroxyl groups is 1. The Morgan fingerprint density at radius 1 is 1.25 bits per heavy atom. The van der Waals surface area contributed by atoms with Crippen LogP contribution in [0, 0.1) is 5.92 Å². The van der Waals surface area contributed by atoms with Crippen LogP contribution in [-0.2, 0) is 4.74 Å². The highest BCUT2D eigenvalue weighted by molar-refractivity contribution is 5.31. The summed E-state index contributed by atoms with van der Waals surface area (Å²) in [6.07, 6.45) is -0.813. The first-order valence-corrected chi connectivity index (χ1v) is 5.31. The van der Waals surface area contributed by atoms with E-state index < -0.39 is 6.10 Å². The Balaban J connectivity index is 1.98. The molecule has 3 atom stereocenters. The SMILES string of the molecule is COc1ccc(O[C@@H]2OC[C@@H](O)[C@H]2C)cc1. The van der Waals surface area contributed by atoms with E-state index in [1.807, 2.05) is 31.2 Å². The van der Waals surface area contributed by atoms with Gasteiger partial charge in [0.25, 0.3) is 0 Å². The van der Waals surface area contributed by atoms with Gasteiger partial charge in [-0.1, -0.05) is 6.92 Å². The molecule has 1 N–H and O–H groups in total. The lowest BCUT2D eigenvalue weighted by Gasteiger charge is -2.17. The third kappa shape index (κ3) is 2.28. The molecule has 2 rings (SSSR count). The second kappa shape index (κ2) is 4.72. The molecular formula is C12H16O4. The van der Waals surface area contributed by atoms with Crippen LogP contribution in [-0.4, -0.2) is 31.2 Å². The van der Waals surface area contributed by atoms with Crippen molar-refractivity contribution in [3.05, 3.63) is 24.3 Å². The first kappa shape index (κ1) is 11.2. The van der Waals surface area contributed by atoms with E-state index in [1.54, 1.807) is 7.11 Å². The van der Waals surface area contributed by atoms with Gasteiger partial charge in [0, 0.05) is 5.92 Å². The molecule has 1 heterocycles. The van der Waals surface area contributed by atoms with Gasteiger partial charge in [-0.05, 0) is 24.3 Å². The fourth-order valence-corrected chi connectivity index (χ4v) is 1.61. The summed E-state index contributed by atoms with van der Waals surface area (Å²) in [5, 5.41) is 9.50. The average Bonchev–Trinajstić information content (AvgIpc) is 2.62. The fourth-order valence-electron chi connectivity index (χ4n) is 1.61. The van der Waals surface area contributed by atoms with E-state index in [-0.39, 0.29) is 12.2 Å². The van der Waals surface area contributed by atoms with Crippen molar-refractivity contribution in [1.82, 2.24) is 0 Å². The van der Waals surface area contributed by atoms with E-state index in [1.165, 1.54) is 0 Å². The molecule has 0 amide bonds. The maximum atomic E-state index is 9.50. The number of ether oxygens (including phenoxy) is 3. The standard InChI is InChI=1S/C12H16O4/c1-8-11(13)7-15-12(8)16-10-5-3-9(14-2)4-6-10/h3-6,8,11-13H,7H2,1-2H3/t8-,11-,12+/m1/s1. The Labute approximate surface area is 94.8 Å². The first-order chi connectivity index (χ1) is 7.70. The molecule has 1 fully saturated rings. The van der Waals surface area contributed by atoms with E-state index in [0.29, 0.717) is 12.4 Å². The van der Waals surface area contributed by atoms with Gasteiger partial charge in [-0.25, -0.2) is 0 Å². The summed E-state index contributed by atoms with van der Waals surface area (Å²) in [5.74, 6) is 1.49. The highest BCUT2D eigenvalue weighted by atomic mass is 16.7. The molecule has 0 aromatic heterocycles. The Hall–Kier alpha value is -1.26. The molecule has 0 unspecified atom stereocenters. The van der Waals surface area contributed by atoms with Crippen molar-refractivity contribution < 1.29 is 19.3 Å². The lowest BCUT2D eigenvalue weighted by Crippen LogP contribution is -2.25. The molecule has 1 aromatic rings. The normalized spacial score (nSPS) is 29.1. The molecule has 1 saturated heterocycles. The number of benzene rings is 1. The van der Waals surface area contributed by atoms with Crippen LogP contribution in [0.15, 0.2) is 24.3 Å². The minimum Gasteiger partial charge on any atom is -0.497 e. The minimum atomic E-state index is -0.441. The molecule has 0 aliphatic carbocycles. The molecule has 4 nitrogen and oxygen atoms in total. The van der Waals surface area contributed by atoms with E-state index in [9.17, 15) is 5.11 Å². The zero-order valence-electron chi connectivity index (χ0n) is 9.42. The molecule has 0 spiro atoms. The zero-order valence-corrected chi connectivity index (χ0v) is 9.42. The van der Waals surface area contributed by atoms with Gasteiger partial charge in [0.1, 0.15) is 11.5 Å². The van der Waals surface area contributed by atoms with Crippen LogP contribution >= 0.6 is 0 Å². The molecule has 4 heteroatoms. The molecule has 0 radical (unpaired) electrons. The van der Waals surface area contributed by atoms with Gasteiger partial charge in [0.2, 0.25) is 6.29 Å². The summed E-state index contributed by atoms with van der Waals surface area (Å²) in [6.45, 7) is 2.24. The molecule has 0 bridgehead atoms. The topological polar surface area (TPSA) is 47.9 Å². The van der Waals surface area contributed by atoms with Crippen molar-refractivity contribution in [2.24, 2.45) is 5.92 Å². The second-order valence-corrected chi connectivity index (χ2v) is 3.92. The number of hydrogen-bond acceptors (Lipinski definition) is 4. The number of rotatable bonds is 3. The summed E-state index contributed by atoms with van der Waals surface area (Å²) >= 11 is 0. The number of aliphatic hydroxyl groups excluding tert-OH is 1. The summed E-state index contributed by atoms with van der Waals surface area (Å²) in [7, 11) is 1.62. The Morgan fingerprint density at radius 3 is 2.38 bits per heavy atom. The van der Waals surface area contributed by atoms with Gasteiger partial charge in [-0.15, -0.1) is 0 Å². The van der Waals surface area contributed by atoms with Crippen LogP contribution in [0.1, 0.15) is 6.92 Å². The maximum Gasteiger partial charge on any atom is 0.205 e. The predicted molar refractivity (Wildman–Crippen MR) is 58.5 cm³/mol. The summed E-state index contributed by atoms with van der Waals surface area (Å²) in [4.78, 5) is 0. The summed E-state index contributed by atoms with van der Waals surface area (Å²) in [6, 6.07) is 7.29. The van der Waals surface area contributed by atoms with Crippen molar-refractivity contribution in [2.75, 3.05) is 13.7 Å². The van der Waals surface area contributed by atoms with E-state index >= 15 is 0 Å². The van der Waals surface area contributed by atoms with Crippen LogP contribution in [0.3, 0.4) is 0 Å². The first-order valence-electron chi connectivity index (χ1n) is 5.31. The average molecular weight is 224 g/mol. The van der Waals surface area contributed by atoms with Crippen molar-refractivity contribution in [3.63, 3.8) is 0 Å². The smallest absolute Gasteiger partial charge is 0.205 e. The molecule has 1 aromatic carbocycles. The minimum absolute atomic E-state index is 0.0119. The van der Waals surface area contributed by atoms with Crippen LogP contribution in [0.5, 0.6) is 11.5 Å². The van der Waals surface area contributed by atoms with E-state index in [2.05, 4.69) is 0 Å². The van der Waals surface area contributed by atoms with Crippen molar-refractivity contribution in [3.8, 4) is 11.5 Å². The van der Waals surface area contributed by atoms with Crippen LogP contribution in [0.25, 0.3) is 0 Å². The third-order valence-corrected chi connectivity index (χ3v) is 2.78. The Morgan fingerprint density at radius 2 is 1.88 bits per heavy atom. The summed E-state index contributed by atoms with van der Waals surface area (Å²) < 4.78 is 16.0. The van der Waals surface area contributed by atoms with Crippen molar-refractivity contribution in [2.45, 2.75) is 19.3 Å². The van der Waals surface area contributed by atoms with Gasteiger partial charge in [0.15, 0.2) is 0 Å². The molecular weight excluding hydrogens is 208 g/mol. The Bertz CT molecular complexity index is 335. The van der Waals surface area contributed by atoms with Crippen molar-refractivity contribution in [1.29, 1.82) is 0 Å². The van der Waals surface area contributed by atoms with Gasteiger partial charge in [-0.3, -0.25) is 0 Å². The third-order valence-electron chi connectivity index (χ3n) is 2.78. The largest absolute Gasteiger partial charge is 0.497 e. The van der Waals surface area contributed by atoms with Crippen LogP contribution < -0.4 is 9.47 Å². The van der Waals surface area contributed by atoms with E-state index in [0.717, 1.165) is 5.75 Å². The maximum absolute atomic E-state index is 9.50. The van der Waals surface area contributed by atoms with Gasteiger partial charge in [-0.2, -0.15) is 0 Å². The summed E-state index contributed by atoms with van der Waals surface area (Å²) in [5.41, 5.74) is 0. The molecule has 88 valence electrons. The van der Waals surface area contributed by atoms with E-state index in [4.69, 9.17) is 14.2 Å². The monoisotopic (exact) mass is 224 g/mol. The van der Waals surface area contributed by atoms with Crippen molar-refractivity contribution >= 4 is 0 Å². The van der Waals surface area contributed by atoms with Gasteiger partial charge >= 0.3 is 0 Å². The second-order valence-electron chi connectivity index (χ2n) is 3.92. The number of methoxy groups -OCH3 is 1. The molecule has 1 aliphatic heterocycles. The number of hydrogen-bond donors (Lipinski definition) is 1. The van der Waals surface area contributed by atoms with Gasteiger partial charge < -0.3 is 19.3 Å². The quantitative estimate of drug-likeness (QED) is 0.843. The highest BCUT2D eigenvalue weighted by Gasteiger charge is 2.34. The molecule has 0 saturated carbocycles. The lowest BCUT2D eigenvalue weighted by atomic mass is 10.1. The lowest BCUT2D eigenvalue weighted by molar-refractivity contribution is -0.0586.